The summed E-state index contributed by atoms with van der Waals surface area (Å²) >= 11 is 4.77. The number of rotatable bonds is 3. The first-order valence-corrected chi connectivity index (χ1v) is 6.43. The summed E-state index contributed by atoms with van der Waals surface area (Å²) in [5, 5.41) is 0. The molecule has 0 aliphatic carbocycles. The zero-order valence-electron chi connectivity index (χ0n) is 11.0. The van der Waals surface area contributed by atoms with Gasteiger partial charge in [-0.3, -0.25) is 0 Å². The number of benzene rings is 2. The van der Waals surface area contributed by atoms with Crippen LogP contribution in [0.1, 0.15) is 22.3 Å². The van der Waals surface area contributed by atoms with Crippen LogP contribution in [-0.4, -0.2) is 7.11 Å². The lowest BCUT2D eigenvalue weighted by molar-refractivity contribution is 0.106. The summed E-state index contributed by atoms with van der Waals surface area (Å²) in [4.78, 5) is -0.696. The van der Waals surface area contributed by atoms with Crippen LogP contribution < -0.4 is 0 Å². The van der Waals surface area contributed by atoms with Crippen LogP contribution in [0.4, 0.5) is 0 Å². The van der Waals surface area contributed by atoms with Crippen LogP contribution >= 0.6 is 12.6 Å². The Hall–Kier alpha value is -1.25. The first-order valence-electron chi connectivity index (χ1n) is 5.98. The van der Waals surface area contributed by atoms with E-state index in [1.54, 1.807) is 7.11 Å². The molecule has 0 aliphatic rings. The smallest absolute Gasteiger partial charge is 0.161 e. The van der Waals surface area contributed by atoms with Crippen molar-refractivity contribution in [3.63, 3.8) is 0 Å². The summed E-state index contributed by atoms with van der Waals surface area (Å²) in [6.07, 6.45) is 0. The molecule has 0 unspecified atom stereocenters. The van der Waals surface area contributed by atoms with E-state index in [2.05, 4.69) is 38.1 Å². The van der Waals surface area contributed by atoms with Gasteiger partial charge in [0.05, 0.1) is 0 Å². The predicted molar refractivity (Wildman–Crippen MR) is 79.1 cm³/mol. The second-order valence-electron chi connectivity index (χ2n) is 4.59. The normalized spacial score (nSPS) is 11.6. The zero-order valence-corrected chi connectivity index (χ0v) is 11.9. The van der Waals surface area contributed by atoms with Crippen LogP contribution in [0.2, 0.25) is 0 Å². The average molecular weight is 258 g/mol. The zero-order chi connectivity index (χ0) is 13.2. The van der Waals surface area contributed by atoms with Gasteiger partial charge in [0.2, 0.25) is 0 Å². The van der Waals surface area contributed by atoms with Crippen molar-refractivity contribution < 1.29 is 4.74 Å². The summed E-state index contributed by atoms with van der Waals surface area (Å²) in [7, 11) is 1.69. The Bertz CT molecular complexity index is 503. The molecule has 0 radical (unpaired) electrons. The van der Waals surface area contributed by atoms with Crippen LogP contribution in [0.25, 0.3) is 0 Å². The third kappa shape index (κ3) is 2.45. The molecule has 0 aromatic heterocycles. The Labute approximate surface area is 114 Å². The van der Waals surface area contributed by atoms with Crippen molar-refractivity contribution in [3.8, 4) is 0 Å². The van der Waals surface area contributed by atoms with Gasteiger partial charge in [-0.25, -0.2) is 0 Å². The Kier molecular flexibility index (Phi) is 3.79. The van der Waals surface area contributed by atoms with E-state index < -0.39 is 4.93 Å². The highest BCUT2D eigenvalue weighted by atomic mass is 32.1. The Balaban J connectivity index is 2.54. The highest BCUT2D eigenvalue weighted by Gasteiger charge is 2.29. The summed E-state index contributed by atoms with van der Waals surface area (Å²) < 4.78 is 5.68. The van der Waals surface area contributed by atoms with Gasteiger partial charge in [-0.15, -0.1) is 12.6 Å². The van der Waals surface area contributed by atoms with E-state index in [4.69, 9.17) is 17.4 Å². The molecule has 0 saturated carbocycles. The van der Waals surface area contributed by atoms with Gasteiger partial charge >= 0.3 is 0 Å². The van der Waals surface area contributed by atoms with Crippen molar-refractivity contribution in [1.29, 1.82) is 0 Å². The average Bonchev–Trinajstić information content (AvgIpc) is 2.38. The van der Waals surface area contributed by atoms with E-state index >= 15 is 0 Å². The largest absolute Gasteiger partial charge is 0.359 e. The van der Waals surface area contributed by atoms with Gasteiger partial charge in [-0.05, 0) is 25.0 Å². The lowest BCUT2D eigenvalue weighted by Gasteiger charge is -2.28. The molecule has 0 bridgehead atoms. The summed E-state index contributed by atoms with van der Waals surface area (Å²) in [6, 6.07) is 16.5. The lowest BCUT2D eigenvalue weighted by atomic mass is 9.98. The minimum atomic E-state index is -0.696. The maximum Gasteiger partial charge on any atom is 0.161 e. The Morgan fingerprint density at radius 2 is 1.33 bits per heavy atom. The number of methoxy groups -OCH3 is 1. The first kappa shape index (κ1) is 13.2. The van der Waals surface area contributed by atoms with Crippen molar-refractivity contribution in [2.45, 2.75) is 18.8 Å². The highest BCUT2D eigenvalue weighted by Crippen LogP contribution is 2.37. The molecule has 0 spiro atoms. The van der Waals surface area contributed by atoms with Crippen LogP contribution in [0.3, 0.4) is 0 Å². The minimum absolute atomic E-state index is 0.696. The molecule has 94 valence electrons. The molecule has 0 aliphatic heterocycles. The van der Waals surface area contributed by atoms with Gasteiger partial charge in [0.25, 0.3) is 0 Å². The minimum Gasteiger partial charge on any atom is -0.359 e. The summed E-state index contributed by atoms with van der Waals surface area (Å²) in [5.74, 6) is 0. The number of ether oxygens (including phenoxy) is 1. The van der Waals surface area contributed by atoms with Crippen LogP contribution in [-0.2, 0) is 9.67 Å². The van der Waals surface area contributed by atoms with Gasteiger partial charge < -0.3 is 4.74 Å². The second kappa shape index (κ2) is 5.17. The number of hydrogen-bond donors (Lipinski definition) is 1. The van der Waals surface area contributed by atoms with Crippen LogP contribution in [0, 0.1) is 13.8 Å². The molecular weight excluding hydrogens is 240 g/mol. The van der Waals surface area contributed by atoms with Crippen molar-refractivity contribution in [2.24, 2.45) is 0 Å². The standard InChI is InChI=1S/C16H18OS/c1-12-6-4-8-14(10-12)16(18,17-3)15-9-5-7-13(2)11-15/h4-11,18H,1-3H3. The fourth-order valence-corrected chi connectivity index (χ4v) is 2.39. The SMILES string of the molecule is COC(S)(c1cccc(C)c1)c1cccc(C)c1. The maximum absolute atomic E-state index is 5.68. The molecule has 1 nitrogen and oxygen atoms in total. The number of aryl methyl sites for hydroxylation is 2. The molecule has 2 heteroatoms. The Morgan fingerprint density at radius 1 is 0.889 bits per heavy atom. The van der Waals surface area contributed by atoms with Gasteiger partial charge in [0.1, 0.15) is 0 Å². The van der Waals surface area contributed by atoms with E-state index in [-0.39, 0.29) is 0 Å². The van der Waals surface area contributed by atoms with Crippen LogP contribution in [0.5, 0.6) is 0 Å². The molecular formula is C16H18OS. The highest BCUT2D eigenvalue weighted by molar-refractivity contribution is 7.81. The molecule has 0 amide bonds. The molecule has 0 heterocycles. The molecule has 18 heavy (non-hydrogen) atoms. The van der Waals surface area contributed by atoms with Crippen molar-refractivity contribution in [3.05, 3.63) is 70.8 Å². The molecule has 2 rings (SSSR count). The van der Waals surface area contributed by atoms with Crippen molar-refractivity contribution in [1.82, 2.24) is 0 Å². The van der Waals surface area contributed by atoms with E-state index in [9.17, 15) is 0 Å². The van der Waals surface area contributed by atoms with Gasteiger partial charge in [-0.2, -0.15) is 0 Å². The number of thiol groups is 1. The second-order valence-corrected chi connectivity index (χ2v) is 5.22. The summed E-state index contributed by atoms with van der Waals surface area (Å²) in [6.45, 7) is 4.15. The van der Waals surface area contributed by atoms with E-state index in [1.165, 1.54) is 11.1 Å². The monoisotopic (exact) mass is 258 g/mol. The predicted octanol–water partition coefficient (Wildman–Crippen LogP) is 4.08. The van der Waals surface area contributed by atoms with E-state index in [0.29, 0.717) is 0 Å². The molecule has 2 aromatic rings. The molecule has 0 N–H and O–H groups in total. The topological polar surface area (TPSA) is 9.23 Å². The molecule has 0 saturated heterocycles. The fraction of sp³-hybridized carbons (Fsp3) is 0.250. The fourth-order valence-electron chi connectivity index (χ4n) is 2.11. The maximum atomic E-state index is 5.68. The third-order valence-corrected chi connectivity index (χ3v) is 3.81. The Morgan fingerprint density at radius 3 is 1.67 bits per heavy atom. The van der Waals surface area contributed by atoms with Crippen molar-refractivity contribution in [2.75, 3.05) is 7.11 Å². The number of hydrogen-bond acceptors (Lipinski definition) is 2. The van der Waals surface area contributed by atoms with Gasteiger partial charge in [-0.1, -0.05) is 59.7 Å². The van der Waals surface area contributed by atoms with Gasteiger partial charge in [0, 0.05) is 7.11 Å². The quantitative estimate of drug-likeness (QED) is 0.644. The van der Waals surface area contributed by atoms with Crippen molar-refractivity contribution >= 4 is 12.6 Å². The lowest BCUT2D eigenvalue weighted by Crippen LogP contribution is -2.23. The van der Waals surface area contributed by atoms with Crippen LogP contribution in [0.15, 0.2) is 48.5 Å². The van der Waals surface area contributed by atoms with Gasteiger partial charge in [0.15, 0.2) is 4.93 Å². The summed E-state index contributed by atoms with van der Waals surface area (Å²) in [5.41, 5.74) is 4.52. The third-order valence-electron chi connectivity index (χ3n) is 3.11. The molecule has 0 fully saturated rings. The molecule has 0 atom stereocenters. The van der Waals surface area contributed by atoms with E-state index in [0.717, 1.165) is 11.1 Å². The molecule has 2 aromatic carbocycles. The first-order chi connectivity index (χ1) is 8.56. The van der Waals surface area contributed by atoms with E-state index in [1.807, 2.05) is 24.3 Å².